The third-order valence-electron chi connectivity index (χ3n) is 7.98. The molecule has 7 nitrogen and oxygen atoms in total. The minimum atomic E-state index is -0.810. The zero-order valence-electron chi connectivity index (χ0n) is 23.9. The Hall–Kier alpha value is -3.39. The molecule has 4 rings (SSSR count). The summed E-state index contributed by atoms with van der Waals surface area (Å²) in [5.41, 5.74) is 8.58. The van der Waals surface area contributed by atoms with Gasteiger partial charge in [-0.25, -0.2) is 4.39 Å². The molecule has 0 radical (unpaired) electrons. The van der Waals surface area contributed by atoms with Crippen LogP contribution in [0.4, 0.5) is 10.1 Å². The Morgan fingerprint density at radius 3 is 2.23 bits per heavy atom. The molecule has 8 heteroatoms. The highest BCUT2D eigenvalue weighted by Gasteiger charge is 2.37. The molecule has 2 amide bonds. The maximum Gasteiger partial charge on any atom is 0.239 e. The number of piperidine rings is 1. The number of rotatable bonds is 8. The molecule has 3 unspecified atom stereocenters. The fourth-order valence-electron chi connectivity index (χ4n) is 5.89. The summed E-state index contributed by atoms with van der Waals surface area (Å²) in [4.78, 5) is 35.4. The van der Waals surface area contributed by atoms with Gasteiger partial charge in [-0.15, -0.1) is 0 Å². The van der Waals surface area contributed by atoms with Gasteiger partial charge in [-0.1, -0.05) is 51.1 Å². The molecule has 40 heavy (non-hydrogen) atoms. The van der Waals surface area contributed by atoms with Crippen LogP contribution in [0.5, 0.6) is 0 Å². The van der Waals surface area contributed by atoms with Crippen LogP contribution in [0.15, 0.2) is 59.6 Å². The number of halogens is 1. The number of carbonyl (C=O) groups excluding carboxylic acids is 2. The van der Waals surface area contributed by atoms with E-state index in [0.29, 0.717) is 56.8 Å². The summed E-state index contributed by atoms with van der Waals surface area (Å²) < 4.78 is 13.6. The first-order valence-electron chi connectivity index (χ1n) is 14.3. The normalized spacial score (nSPS) is 20.3. The molecule has 2 aromatic rings. The third-order valence-corrected chi connectivity index (χ3v) is 7.98. The smallest absolute Gasteiger partial charge is 0.239 e. The molecule has 0 aromatic heterocycles. The van der Waals surface area contributed by atoms with Gasteiger partial charge in [0.25, 0.3) is 0 Å². The second kappa shape index (κ2) is 12.9. The lowest BCUT2D eigenvalue weighted by molar-refractivity contribution is -0.134. The Morgan fingerprint density at radius 1 is 1.00 bits per heavy atom. The van der Waals surface area contributed by atoms with Crippen molar-refractivity contribution in [2.75, 3.05) is 26.2 Å². The predicted octanol–water partition coefficient (Wildman–Crippen LogP) is 5.18. The van der Waals surface area contributed by atoms with Crippen LogP contribution >= 0.6 is 0 Å². The van der Waals surface area contributed by atoms with Crippen molar-refractivity contribution in [3.63, 3.8) is 0 Å². The number of hydrogen-bond acceptors (Lipinski definition) is 5. The highest BCUT2D eigenvalue weighted by atomic mass is 19.1. The summed E-state index contributed by atoms with van der Waals surface area (Å²) in [6.45, 7) is 8.48. The van der Waals surface area contributed by atoms with Gasteiger partial charge in [0.15, 0.2) is 0 Å². The van der Waals surface area contributed by atoms with Gasteiger partial charge in [0, 0.05) is 49.9 Å². The number of nitrogens with zero attached hydrogens (tertiary/aromatic N) is 3. The highest BCUT2D eigenvalue weighted by molar-refractivity contribution is 6.16. The van der Waals surface area contributed by atoms with Crippen molar-refractivity contribution in [2.24, 2.45) is 28.0 Å². The monoisotopic (exact) mass is 547 g/mol. The lowest BCUT2D eigenvalue weighted by Crippen LogP contribution is -2.50. The van der Waals surface area contributed by atoms with Crippen LogP contribution in [-0.4, -0.2) is 65.8 Å². The van der Waals surface area contributed by atoms with E-state index < -0.39 is 12.0 Å². The summed E-state index contributed by atoms with van der Waals surface area (Å²) in [6.07, 6.45) is 3.92. The van der Waals surface area contributed by atoms with Gasteiger partial charge in [-0.05, 0) is 60.9 Å². The molecule has 0 saturated carbocycles. The average Bonchev–Trinajstić information content (AvgIpc) is 3.44. The Bertz CT molecular complexity index is 1200. The zero-order valence-corrected chi connectivity index (χ0v) is 23.9. The Labute approximate surface area is 237 Å². The minimum Gasteiger partial charge on any atom is -0.341 e. The van der Waals surface area contributed by atoms with Gasteiger partial charge in [0.2, 0.25) is 11.8 Å². The Balaban J connectivity index is 1.52. The number of carbonyl (C=O) groups is 2. The van der Waals surface area contributed by atoms with Gasteiger partial charge in [-0.3, -0.25) is 14.6 Å². The van der Waals surface area contributed by atoms with Gasteiger partial charge in [-0.2, -0.15) is 0 Å². The van der Waals surface area contributed by atoms with E-state index in [-0.39, 0.29) is 34.9 Å². The summed E-state index contributed by atoms with van der Waals surface area (Å²) >= 11 is 0. The van der Waals surface area contributed by atoms with Crippen LogP contribution < -0.4 is 5.73 Å². The summed E-state index contributed by atoms with van der Waals surface area (Å²) in [7, 11) is 0. The topological polar surface area (TPSA) is 103 Å². The number of hydrogen-bond donors (Lipinski definition) is 2. The summed E-state index contributed by atoms with van der Waals surface area (Å²) in [5, 5.41) is 8.27. The van der Waals surface area contributed by atoms with E-state index in [0.717, 1.165) is 6.42 Å². The van der Waals surface area contributed by atoms with E-state index in [1.54, 1.807) is 12.1 Å². The molecular formula is C32H42FN5O2. The highest BCUT2D eigenvalue weighted by Crippen LogP contribution is 2.31. The van der Waals surface area contributed by atoms with Crippen LogP contribution in [0.25, 0.3) is 0 Å². The second-order valence-corrected chi connectivity index (χ2v) is 12.3. The number of nitrogens with one attached hydrogen (secondary N) is 1. The van der Waals surface area contributed by atoms with Crippen LogP contribution in [0.3, 0.4) is 0 Å². The standard InChI is InChI=1S/C32H42FN5O2/c1-32(2,3)19-28(35)31(40)37-16-13-23(14-17-37)29(36-26-11-9-25(33)10-12-26)27(20-34)30(39)38-18-15-24(21-38)22-7-5-4-6-8-22/h4-12,20,23-24,27-28,34H,13-19,21,35H2,1-3H3. The SMILES string of the molecule is CC(C)(C)CC(N)C(=O)N1CCC(C(=Nc2ccc(F)cc2)C(C=N)C(=O)N2CCC(c3ccccc3)C2)CC1. The van der Waals surface area contributed by atoms with Crippen molar-refractivity contribution in [1.29, 1.82) is 5.41 Å². The molecule has 2 saturated heterocycles. The van der Waals surface area contributed by atoms with Gasteiger partial charge >= 0.3 is 0 Å². The van der Waals surface area contributed by atoms with E-state index in [2.05, 4.69) is 32.9 Å². The first kappa shape index (κ1) is 29.6. The van der Waals surface area contributed by atoms with Crippen molar-refractivity contribution in [3.8, 4) is 0 Å². The van der Waals surface area contributed by atoms with Crippen molar-refractivity contribution in [2.45, 2.75) is 58.4 Å². The van der Waals surface area contributed by atoms with Crippen LogP contribution in [-0.2, 0) is 9.59 Å². The fourth-order valence-corrected chi connectivity index (χ4v) is 5.89. The van der Waals surface area contributed by atoms with E-state index in [4.69, 9.17) is 16.1 Å². The van der Waals surface area contributed by atoms with Crippen molar-refractivity contribution >= 4 is 29.4 Å². The molecule has 2 aliphatic heterocycles. The molecule has 3 N–H and O–H groups in total. The summed E-state index contributed by atoms with van der Waals surface area (Å²) in [5.74, 6) is -1.16. The molecule has 2 aromatic carbocycles. The molecule has 2 aliphatic rings. The second-order valence-electron chi connectivity index (χ2n) is 12.3. The van der Waals surface area contributed by atoms with E-state index >= 15 is 0 Å². The molecule has 2 heterocycles. The van der Waals surface area contributed by atoms with Crippen molar-refractivity contribution < 1.29 is 14.0 Å². The maximum atomic E-state index is 13.8. The minimum absolute atomic E-state index is 0.0466. The number of likely N-dealkylation sites (tertiary alicyclic amines) is 2. The molecule has 214 valence electrons. The van der Waals surface area contributed by atoms with Crippen LogP contribution in [0.1, 0.15) is 57.9 Å². The predicted molar refractivity (Wildman–Crippen MR) is 158 cm³/mol. The molecule has 3 atom stereocenters. The van der Waals surface area contributed by atoms with Crippen LogP contribution in [0, 0.1) is 28.5 Å². The van der Waals surface area contributed by atoms with E-state index in [1.165, 1.54) is 23.9 Å². The molecular weight excluding hydrogens is 505 g/mol. The lowest BCUT2D eigenvalue weighted by Gasteiger charge is -2.36. The third kappa shape index (κ3) is 7.42. The number of amides is 2. The van der Waals surface area contributed by atoms with Gasteiger partial charge < -0.3 is 20.9 Å². The first-order chi connectivity index (χ1) is 19.1. The molecule has 2 fully saturated rings. The van der Waals surface area contributed by atoms with Gasteiger partial charge in [0.05, 0.1) is 11.7 Å². The quantitative estimate of drug-likeness (QED) is 0.445. The zero-order chi connectivity index (χ0) is 28.9. The van der Waals surface area contributed by atoms with Crippen LogP contribution in [0.2, 0.25) is 0 Å². The first-order valence-corrected chi connectivity index (χ1v) is 14.3. The number of nitrogens with two attached hydrogens (primary N) is 1. The Kier molecular flexibility index (Phi) is 9.51. The average molecular weight is 548 g/mol. The van der Waals surface area contributed by atoms with Crippen molar-refractivity contribution in [3.05, 3.63) is 66.0 Å². The van der Waals surface area contributed by atoms with E-state index in [9.17, 15) is 14.0 Å². The maximum absolute atomic E-state index is 13.8. The largest absolute Gasteiger partial charge is 0.341 e. The molecule has 0 aliphatic carbocycles. The molecule has 0 spiro atoms. The van der Waals surface area contributed by atoms with Crippen molar-refractivity contribution in [1.82, 2.24) is 9.80 Å². The number of benzene rings is 2. The molecule has 0 bridgehead atoms. The van der Waals surface area contributed by atoms with Gasteiger partial charge in [0.1, 0.15) is 11.7 Å². The van der Waals surface area contributed by atoms with E-state index in [1.807, 2.05) is 28.0 Å². The number of aliphatic imine (C=N–C) groups is 1. The summed E-state index contributed by atoms with van der Waals surface area (Å²) in [6, 6.07) is 15.5. The Morgan fingerprint density at radius 2 is 1.62 bits per heavy atom. The fraction of sp³-hybridized carbons (Fsp3) is 0.500. The lowest BCUT2D eigenvalue weighted by atomic mass is 9.83.